The molecule has 0 amide bonds. The molecule has 164 valence electrons. The average molecular weight is 438 g/mol. The molecule has 0 aliphatic carbocycles. The minimum Gasteiger partial charge on any atom is -0.508 e. The predicted molar refractivity (Wildman–Crippen MR) is 126 cm³/mol. The number of phenolic OH excluding ortho intramolecular Hbond substituents is 1. The molecular weight excluding hydrogens is 416 g/mol. The summed E-state index contributed by atoms with van der Waals surface area (Å²) in [6, 6.07) is 24.1. The van der Waals surface area contributed by atoms with Crippen LogP contribution in [0.2, 0.25) is 0 Å². The standard InChI is InChI=1S/C26H22N4O3/c31-14-12-20-16-22(27-30(26(20)33)17-18-7-6-10-21(32)15-18)24-23-11-4-5-13-29(23)28-25(24)19-8-2-1-3-9-19/h1-11,13,15-16,31-32H,12,14,17H2. The van der Waals surface area contributed by atoms with Crippen molar-refractivity contribution in [1.29, 1.82) is 0 Å². The lowest BCUT2D eigenvalue weighted by Crippen LogP contribution is -2.27. The summed E-state index contributed by atoms with van der Waals surface area (Å²) in [5, 5.41) is 28.9. The Kier molecular flexibility index (Phi) is 5.46. The van der Waals surface area contributed by atoms with Crippen molar-refractivity contribution >= 4 is 5.52 Å². The normalized spacial score (nSPS) is 11.2. The Morgan fingerprint density at radius 3 is 2.48 bits per heavy atom. The fourth-order valence-corrected chi connectivity index (χ4v) is 4.00. The molecule has 2 aromatic carbocycles. The van der Waals surface area contributed by atoms with Gasteiger partial charge in [-0.3, -0.25) is 4.79 Å². The second-order valence-electron chi connectivity index (χ2n) is 7.78. The summed E-state index contributed by atoms with van der Waals surface area (Å²) in [4.78, 5) is 13.1. The van der Waals surface area contributed by atoms with Gasteiger partial charge in [0.05, 0.1) is 23.3 Å². The summed E-state index contributed by atoms with van der Waals surface area (Å²) in [7, 11) is 0. The third-order valence-corrected chi connectivity index (χ3v) is 5.52. The molecule has 5 aromatic rings. The average Bonchev–Trinajstić information content (AvgIpc) is 3.22. The molecular formula is C26H22N4O3. The van der Waals surface area contributed by atoms with Gasteiger partial charge in [-0.15, -0.1) is 0 Å². The van der Waals surface area contributed by atoms with Crippen LogP contribution >= 0.6 is 0 Å². The lowest BCUT2D eigenvalue weighted by molar-refractivity contribution is 0.298. The number of aliphatic hydroxyl groups is 1. The van der Waals surface area contributed by atoms with E-state index in [1.165, 1.54) is 4.68 Å². The smallest absolute Gasteiger partial charge is 0.270 e. The Bertz CT molecular complexity index is 1490. The van der Waals surface area contributed by atoms with Crippen LogP contribution in [0.3, 0.4) is 0 Å². The van der Waals surface area contributed by atoms with E-state index in [1.54, 1.807) is 28.8 Å². The molecule has 3 heterocycles. The Morgan fingerprint density at radius 1 is 0.879 bits per heavy atom. The molecule has 0 saturated carbocycles. The van der Waals surface area contributed by atoms with Crippen molar-refractivity contribution in [3.63, 3.8) is 0 Å². The molecule has 0 aliphatic rings. The molecule has 3 aromatic heterocycles. The molecule has 0 unspecified atom stereocenters. The Balaban J connectivity index is 1.74. The van der Waals surface area contributed by atoms with E-state index in [9.17, 15) is 15.0 Å². The number of pyridine rings is 1. The van der Waals surface area contributed by atoms with E-state index in [-0.39, 0.29) is 30.9 Å². The highest BCUT2D eigenvalue weighted by Crippen LogP contribution is 2.34. The number of benzene rings is 2. The number of nitrogens with zero attached hydrogens (tertiary/aromatic N) is 4. The van der Waals surface area contributed by atoms with Crippen LogP contribution in [0.15, 0.2) is 89.9 Å². The van der Waals surface area contributed by atoms with Gasteiger partial charge < -0.3 is 10.2 Å². The van der Waals surface area contributed by atoms with Gasteiger partial charge in [-0.25, -0.2) is 9.20 Å². The topological polar surface area (TPSA) is 92.6 Å². The zero-order valence-electron chi connectivity index (χ0n) is 17.8. The van der Waals surface area contributed by atoms with E-state index >= 15 is 0 Å². The summed E-state index contributed by atoms with van der Waals surface area (Å²) in [6.07, 6.45) is 2.09. The molecule has 33 heavy (non-hydrogen) atoms. The molecule has 0 aliphatic heterocycles. The van der Waals surface area contributed by atoms with Gasteiger partial charge in [0.2, 0.25) is 0 Å². The van der Waals surface area contributed by atoms with E-state index in [2.05, 4.69) is 0 Å². The van der Waals surface area contributed by atoms with Crippen molar-refractivity contribution in [2.24, 2.45) is 0 Å². The van der Waals surface area contributed by atoms with Crippen LogP contribution in [0.1, 0.15) is 11.1 Å². The van der Waals surface area contributed by atoms with Crippen molar-refractivity contribution in [2.75, 3.05) is 6.61 Å². The van der Waals surface area contributed by atoms with Crippen molar-refractivity contribution in [3.8, 4) is 28.3 Å². The van der Waals surface area contributed by atoms with Gasteiger partial charge in [0, 0.05) is 30.4 Å². The molecule has 7 nitrogen and oxygen atoms in total. The van der Waals surface area contributed by atoms with E-state index < -0.39 is 0 Å². The van der Waals surface area contributed by atoms with Crippen LogP contribution in [-0.2, 0) is 13.0 Å². The largest absolute Gasteiger partial charge is 0.508 e. The minimum absolute atomic E-state index is 0.126. The van der Waals surface area contributed by atoms with Crippen LogP contribution < -0.4 is 5.56 Å². The second-order valence-corrected chi connectivity index (χ2v) is 7.78. The maximum absolute atomic E-state index is 13.1. The lowest BCUT2D eigenvalue weighted by atomic mass is 10.0. The molecule has 7 heteroatoms. The third-order valence-electron chi connectivity index (χ3n) is 5.52. The van der Waals surface area contributed by atoms with E-state index in [0.717, 1.165) is 27.9 Å². The fraction of sp³-hybridized carbons (Fsp3) is 0.115. The highest BCUT2D eigenvalue weighted by atomic mass is 16.3. The monoisotopic (exact) mass is 438 g/mol. The van der Waals surface area contributed by atoms with Crippen molar-refractivity contribution < 1.29 is 10.2 Å². The first-order chi connectivity index (χ1) is 16.1. The van der Waals surface area contributed by atoms with Crippen LogP contribution in [0.25, 0.3) is 28.0 Å². The zero-order chi connectivity index (χ0) is 22.8. The first-order valence-electron chi connectivity index (χ1n) is 10.7. The fourth-order valence-electron chi connectivity index (χ4n) is 4.00. The van der Waals surface area contributed by atoms with E-state index in [1.807, 2.05) is 60.8 Å². The molecule has 5 rings (SSSR count). The van der Waals surface area contributed by atoms with E-state index in [4.69, 9.17) is 10.2 Å². The summed E-state index contributed by atoms with van der Waals surface area (Å²) < 4.78 is 3.19. The van der Waals surface area contributed by atoms with E-state index in [0.29, 0.717) is 11.3 Å². The number of phenols is 1. The molecule has 0 radical (unpaired) electrons. The quantitative estimate of drug-likeness (QED) is 0.423. The summed E-state index contributed by atoms with van der Waals surface area (Å²) in [6.45, 7) is 0.0461. The van der Waals surface area contributed by atoms with Gasteiger partial charge >= 0.3 is 0 Å². The van der Waals surface area contributed by atoms with Gasteiger partial charge in [-0.1, -0.05) is 48.5 Å². The van der Waals surface area contributed by atoms with Crippen LogP contribution in [0.4, 0.5) is 0 Å². The van der Waals surface area contributed by atoms with Crippen molar-refractivity contribution in [1.82, 2.24) is 19.4 Å². The van der Waals surface area contributed by atoms with Gasteiger partial charge in [0.15, 0.2) is 0 Å². The number of aromatic hydroxyl groups is 1. The number of rotatable bonds is 6. The van der Waals surface area contributed by atoms with Gasteiger partial charge in [-0.05, 0) is 35.9 Å². The van der Waals surface area contributed by atoms with Crippen molar-refractivity contribution in [3.05, 3.63) is 107 Å². The first kappa shape index (κ1) is 20.7. The lowest BCUT2D eigenvalue weighted by Gasteiger charge is -2.11. The zero-order valence-corrected chi connectivity index (χ0v) is 17.8. The predicted octanol–water partition coefficient (Wildman–Crippen LogP) is 3.51. The van der Waals surface area contributed by atoms with Gasteiger partial charge in [0.1, 0.15) is 11.4 Å². The first-order valence-corrected chi connectivity index (χ1v) is 10.7. The summed E-state index contributed by atoms with van der Waals surface area (Å²) in [5.41, 5.74) is 4.91. The highest BCUT2D eigenvalue weighted by Gasteiger charge is 2.20. The minimum atomic E-state index is -0.270. The molecule has 0 saturated heterocycles. The SMILES string of the molecule is O=c1c(CCO)cc(-c2c(-c3ccccc3)nn3ccccc23)nn1Cc1cccc(O)c1. The summed E-state index contributed by atoms with van der Waals surface area (Å²) in [5.74, 6) is 0.126. The molecule has 0 atom stereocenters. The number of aromatic nitrogens is 4. The number of fused-ring (bicyclic) bond motifs is 1. The Morgan fingerprint density at radius 2 is 1.70 bits per heavy atom. The summed E-state index contributed by atoms with van der Waals surface area (Å²) >= 11 is 0. The van der Waals surface area contributed by atoms with Crippen LogP contribution in [-0.4, -0.2) is 36.2 Å². The van der Waals surface area contributed by atoms with Crippen molar-refractivity contribution in [2.45, 2.75) is 13.0 Å². The van der Waals surface area contributed by atoms with Crippen LogP contribution in [0.5, 0.6) is 5.75 Å². The maximum atomic E-state index is 13.1. The van der Waals surface area contributed by atoms with Crippen LogP contribution in [0, 0.1) is 0 Å². The maximum Gasteiger partial charge on any atom is 0.270 e. The molecule has 2 N–H and O–H groups in total. The highest BCUT2D eigenvalue weighted by molar-refractivity contribution is 5.90. The third kappa shape index (κ3) is 4.02. The number of aliphatic hydroxyl groups excluding tert-OH is 1. The molecule has 0 spiro atoms. The van der Waals surface area contributed by atoms with Gasteiger partial charge in [-0.2, -0.15) is 10.2 Å². The van der Waals surface area contributed by atoms with Gasteiger partial charge in [0.25, 0.3) is 5.56 Å². The number of hydrogen-bond acceptors (Lipinski definition) is 5. The Hall–Kier alpha value is -4.23. The number of hydrogen-bond donors (Lipinski definition) is 2. The Labute approximate surface area is 189 Å². The molecule has 0 fully saturated rings. The second kappa shape index (κ2) is 8.72. The molecule has 0 bridgehead atoms.